The lowest BCUT2D eigenvalue weighted by molar-refractivity contribution is -0.298. The number of hydrogen-bond donors (Lipinski definition) is 2. The summed E-state index contributed by atoms with van der Waals surface area (Å²) in [5.74, 6) is 1.33. The highest BCUT2D eigenvalue weighted by atomic mass is 16.7. The molecule has 2 aliphatic carbocycles. The van der Waals surface area contributed by atoms with Crippen molar-refractivity contribution >= 4 is 0 Å². The molecule has 0 amide bonds. The summed E-state index contributed by atoms with van der Waals surface area (Å²) < 4.78 is 71.9. The van der Waals surface area contributed by atoms with Crippen molar-refractivity contribution < 1.29 is 67.1 Å². The SMILES string of the molecule is CC[C@H](OC)[C@@H](C)[C@H]1CC[C@@H]1[C@H](O)[C@@H](C)/C=C/C=C(\C)[C@@H]1O[C@H](OC)[C@H](OC)[C@@H](OCCC[C@H](OC)[C@@H](C)[C@H]2C=C[C@@H]2[C@H](O)[C@@H](C)/C=C/C=C(\C)[C@@H]2O[C@@H](OC)[C@H](OC)[C@@H](OC)[C@@H]2OC)[C@@H]1OC. The van der Waals surface area contributed by atoms with E-state index in [0.29, 0.717) is 18.4 Å². The normalized spacial score (nSPS) is 36.2. The minimum absolute atomic E-state index is 0.00718. The van der Waals surface area contributed by atoms with Crippen LogP contribution in [-0.2, 0) is 56.8 Å². The predicted molar refractivity (Wildman–Crippen MR) is 263 cm³/mol. The van der Waals surface area contributed by atoms with Gasteiger partial charge in [0.25, 0.3) is 0 Å². The second kappa shape index (κ2) is 29.0. The molecule has 3 fully saturated rings. The first kappa shape index (κ1) is 58.7. The Morgan fingerprint density at radius 3 is 1.47 bits per heavy atom. The van der Waals surface area contributed by atoms with Gasteiger partial charge in [0.05, 0.1) is 24.4 Å². The Kier molecular flexibility index (Phi) is 25.0. The standard InChI is InChI=1S/C54H92O14/c1-17-41(57-8)35(6)37-26-28-39(37)43(55)31(2)22-19-24-34(5)46-48(60-11)50(52(63-14)54(65-16)68-46)66-30-20-25-42(58-9)36(7)38-27-29-40(38)44(56)32(3)21-18-23-33(4)45-47(59-10)49(61-12)51(62-13)53(64-15)67-45/h18-19,21-24,27,29,31-32,35-56H,17,20,25-26,28,30H2,1-16H3/b21-18+,22-19+,33-23+,34-24+/t31-,32-,35-,36-,37+,38+,39-,40-,41-,42-,43+,44+,45-,46-,47+,48+,49-,50-,51+,52+,53+,54-/m0/s1. The first-order chi connectivity index (χ1) is 32.7. The van der Waals surface area contributed by atoms with Crippen LogP contribution in [0.5, 0.6) is 0 Å². The van der Waals surface area contributed by atoms with Crippen LogP contribution in [0.3, 0.4) is 0 Å². The van der Waals surface area contributed by atoms with Crippen LogP contribution in [0, 0.1) is 47.3 Å². The van der Waals surface area contributed by atoms with Crippen molar-refractivity contribution in [1.82, 2.24) is 0 Å². The molecule has 22 atom stereocenters. The van der Waals surface area contributed by atoms with Gasteiger partial charge in [-0.2, -0.15) is 0 Å². The molecule has 392 valence electrons. The van der Waals surface area contributed by atoms with Crippen molar-refractivity contribution in [2.75, 3.05) is 70.6 Å². The van der Waals surface area contributed by atoms with Crippen LogP contribution in [0.15, 0.2) is 59.8 Å². The van der Waals surface area contributed by atoms with Gasteiger partial charge in [0.1, 0.15) is 48.8 Å². The van der Waals surface area contributed by atoms with E-state index >= 15 is 0 Å². The number of aliphatic hydroxyl groups excluding tert-OH is 2. The maximum absolute atomic E-state index is 11.6. The molecule has 2 saturated heterocycles. The first-order valence-corrected chi connectivity index (χ1v) is 25.1. The van der Waals surface area contributed by atoms with Crippen molar-refractivity contribution in [2.45, 2.75) is 166 Å². The zero-order valence-corrected chi connectivity index (χ0v) is 44.4. The van der Waals surface area contributed by atoms with Gasteiger partial charge in [-0.05, 0) is 86.7 Å². The lowest BCUT2D eigenvalue weighted by Crippen LogP contribution is -2.60. The summed E-state index contributed by atoms with van der Waals surface area (Å²) >= 11 is 0. The molecule has 0 aromatic heterocycles. The molecule has 2 aliphatic heterocycles. The summed E-state index contributed by atoms with van der Waals surface area (Å²) in [5.41, 5.74) is 1.89. The van der Waals surface area contributed by atoms with Gasteiger partial charge in [-0.25, -0.2) is 0 Å². The molecule has 0 radical (unpaired) electrons. The lowest BCUT2D eigenvalue weighted by atomic mass is 9.62. The highest BCUT2D eigenvalue weighted by Crippen LogP contribution is 2.46. The van der Waals surface area contributed by atoms with E-state index in [1.807, 2.05) is 51.2 Å². The zero-order valence-electron chi connectivity index (χ0n) is 44.4. The van der Waals surface area contributed by atoms with Crippen molar-refractivity contribution in [1.29, 1.82) is 0 Å². The lowest BCUT2D eigenvalue weighted by Gasteiger charge is -2.46. The monoisotopic (exact) mass is 965 g/mol. The van der Waals surface area contributed by atoms with E-state index in [2.05, 4.69) is 45.9 Å². The van der Waals surface area contributed by atoms with E-state index in [-0.39, 0.29) is 53.8 Å². The van der Waals surface area contributed by atoms with Gasteiger partial charge < -0.3 is 67.1 Å². The highest BCUT2D eigenvalue weighted by Gasteiger charge is 2.50. The largest absolute Gasteiger partial charge is 0.392 e. The van der Waals surface area contributed by atoms with E-state index in [0.717, 1.165) is 43.3 Å². The van der Waals surface area contributed by atoms with Crippen molar-refractivity contribution in [3.05, 3.63) is 59.8 Å². The van der Waals surface area contributed by atoms with Crippen molar-refractivity contribution in [2.24, 2.45) is 47.3 Å². The fourth-order valence-corrected chi connectivity index (χ4v) is 11.4. The first-order valence-electron chi connectivity index (χ1n) is 25.1. The predicted octanol–water partition coefficient (Wildman–Crippen LogP) is 7.51. The molecule has 14 heteroatoms. The summed E-state index contributed by atoms with van der Waals surface area (Å²) in [5, 5.41) is 23.0. The van der Waals surface area contributed by atoms with Crippen LogP contribution >= 0.6 is 0 Å². The Balaban J connectivity index is 1.32. The molecule has 4 rings (SSSR count). The molecule has 14 nitrogen and oxygen atoms in total. The van der Waals surface area contributed by atoms with Gasteiger partial charge in [-0.15, -0.1) is 0 Å². The number of ether oxygens (including phenoxy) is 12. The van der Waals surface area contributed by atoms with Gasteiger partial charge in [0.2, 0.25) is 0 Å². The molecule has 2 N–H and O–H groups in total. The molecule has 2 heterocycles. The summed E-state index contributed by atoms with van der Waals surface area (Å²) in [7, 11) is 14.9. The van der Waals surface area contributed by atoms with E-state index in [1.54, 1.807) is 64.0 Å². The van der Waals surface area contributed by atoms with Crippen LogP contribution < -0.4 is 0 Å². The molecule has 0 bridgehead atoms. The molecular weight excluding hydrogens is 873 g/mol. The quantitative estimate of drug-likeness (QED) is 0.0433. The Bertz CT molecular complexity index is 1600. The molecule has 0 aromatic carbocycles. The minimum atomic E-state index is -0.672. The maximum atomic E-state index is 11.6. The Labute approximate surface area is 410 Å². The third kappa shape index (κ3) is 14.0. The number of methoxy groups -OCH3 is 9. The van der Waals surface area contributed by atoms with Gasteiger partial charge in [-0.1, -0.05) is 83.2 Å². The Hall–Kier alpha value is -1.86. The fourth-order valence-electron chi connectivity index (χ4n) is 11.4. The van der Waals surface area contributed by atoms with Crippen LogP contribution in [0.4, 0.5) is 0 Å². The Morgan fingerprint density at radius 1 is 0.574 bits per heavy atom. The second-order valence-electron chi connectivity index (χ2n) is 19.7. The van der Waals surface area contributed by atoms with Crippen LogP contribution in [0.1, 0.15) is 80.6 Å². The fraction of sp³-hybridized carbons (Fsp3) is 0.815. The van der Waals surface area contributed by atoms with Crippen LogP contribution in [0.2, 0.25) is 0 Å². The molecule has 0 aromatic rings. The third-order valence-corrected chi connectivity index (χ3v) is 16.0. The minimum Gasteiger partial charge on any atom is -0.392 e. The number of allylic oxidation sites excluding steroid dienone is 5. The number of hydrogen-bond acceptors (Lipinski definition) is 14. The van der Waals surface area contributed by atoms with Crippen molar-refractivity contribution in [3.63, 3.8) is 0 Å². The molecule has 0 unspecified atom stereocenters. The van der Waals surface area contributed by atoms with E-state index in [1.165, 1.54) is 0 Å². The average Bonchev–Trinajstić information content (AvgIpc) is 3.31. The molecule has 68 heavy (non-hydrogen) atoms. The number of aliphatic hydroxyl groups is 2. The smallest absolute Gasteiger partial charge is 0.186 e. The zero-order chi connectivity index (χ0) is 50.2. The van der Waals surface area contributed by atoms with Gasteiger partial charge in [-0.3, -0.25) is 0 Å². The maximum Gasteiger partial charge on any atom is 0.186 e. The molecule has 4 aliphatic rings. The van der Waals surface area contributed by atoms with Gasteiger partial charge >= 0.3 is 0 Å². The summed E-state index contributed by atoms with van der Waals surface area (Å²) in [6, 6.07) is 0. The summed E-state index contributed by atoms with van der Waals surface area (Å²) in [4.78, 5) is 0. The average molecular weight is 965 g/mol. The third-order valence-electron chi connectivity index (χ3n) is 16.0. The Morgan fingerprint density at radius 2 is 1.04 bits per heavy atom. The van der Waals surface area contributed by atoms with Gasteiger partial charge in [0.15, 0.2) is 12.6 Å². The van der Waals surface area contributed by atoms with Crippen LogP contribution in [0.25, 0.3) is 0 Å². The van der Waals surface area contributed by atoms with E-state index < -0.39 is 67.5 Å². The van der Waals surface area contributed by atoms with Gasteiger partial charge in [0, 0.05) is 88.3 Å². The number of rotatable bonds is 29. The summed E-state index contributed by atoms with van der Waals surface area (Å²) in [6.07, 6.45) is 15.4. The van der Waals surface area contributed by atoms with E-state index in [9.17, 15) is 10.2 Å². The molecule has 0 spiro atoms. The van der Waals surface area contributed by atoms with Crippen LogP contribution in [-0.4, -0.2) is 167 Å². The second-order valence-corrected chi connectivity index (χ2v) is 19.7. The molecule has 1 saturated carbocycles. The highest BCUT2D eigenvalue weighted by molar-refractivity contribution is 5.21. The van der Waals surface area contributed by atoms with Crippen molar-refractivity contribution in [3.8, 4) is 0 Å². The topological polar surface area (TPSA) is 151 Å². The van der Waals surface area contributed by atoms with E-state index in [4.69, 9.17) is 56.8 Å². The summed E-state index contributed by atoms with van der Waals surface area (Å²) in [6.45, 7) is 15.2. The molecular formula is C54H92O14.